The second-order valence-electron chi connectivity index (χ2n) is 8.02. The van der Waals surface area contributed by atoms with E-state index in [1.807, 2.05) is 70.8 Å². The maximum absolute atomic E-state index is 12.8. The Balaban J connectivity index is 1.51. The van der Waals surface area contributed by atoms with Gasteiger partial charge < -0.3 is 5.32 Å². The van der Waals surface area contributed by atoms with E-state index in [0.29, 0.717) is 19.3 Å². The summed E-state index contributed by atoms with van der Waals surface area (Å²) >= 11 is 1.49. The summed E-state index contributed by atoms with van der Waals surface area (Å²) in [6.07, 6.45) is 1.47. The molecule has 1 aromatic heterocycles. The molecule has 0 radical (unpaired) electrons. The summed E-state index contributed by atoms with van der Waals surface area (Å²) in [5, 5.41) is 5.90. The predicted octanol–water partition coefficient (Wildman–Crippen LogP) is 5.06. The normalized spacial score (nSPS) is 12.1. The molecule has 0 fully saturated rings. The minimum absolute atomic E-state index is 0.0695. The first-order chi connectivity index (χ1) is 16.9. The lowest BCUT2D eigenvalue weighted by molar-refractivity contribution is -0.121. The number of nitrogens with zero attached hydrogens (tertiary/aromatic N) is 1. The van der Waals surface area contributed by atoms with E-state index >= 15 is 0 Å². The van der Waals surface area contributed by atoms with E-state index in [4.69, 9.17) is 9.54 Å². The SMILES string of the molecule is O=C(CCc1ccccc1)N[C@@H](Cc1ccc(NS(=O)(=O)O)cc1)c1nc(-c2ccccc2)cs1. The average Bonchev–Trinajstić information content (AvgIpc) is 3.34. The quantitative estimate of drug-likeness (QED) is 0.260. The minimum Gasteiger partial charge on any atom is -0.347 e. The maximum Gasteiger partial charge on any atom is 0.357 e. The molecule has 0 unspecified atom stereocenters. The molecule has 3 N–H and O–H groups in total. The highest BCUT2D eigenvalue weighted by molar-refractivity contribution is 7.87. The fourth-order valence-corrected chi connectivity index (χ4v) is 4.96. The Morgan fingerprint density at radius 1 is 0.914 bits per heavy atom. The third kappa shape index (κ3) is 7.48. The number of nitrogens with one attached hydrogen (secondary N) is 2. The Morgan fingerprint density at radius 3 is 2.23 bits per heavy atom. The molecule has 180 valence electrons. The second kappa shape index (κ2) is 11.3. The van der Waals surface area contributed by atoms with Gasteiger partial charge in [-0.25, -0.2) is 4.98 Å². The maximum atomic E-state index is 12.8. The first-order valence-electron chi connectivity index (χ1n) is 11.0. The molecule has 3 aromatic carbocycles. The number of carbonyl (C=O) groups excluding carboxylic acids is 1. The zero-order valence-electron chi connectivity index (χ0n) is 18.8. The van der Waals surface area contributed by atoms with Gasteiger partial charge in [0, 0.05) is 17.4 Å². The lowest BCUT2D eigenvalue weighted by Crippen LogP contribution is -2.30. The van der Waals surface area contributed by atoms with Gasteiger partial charge in [-0.15, -0.1) is 11.3 Å². The van der Waals surface area contributed by atoms with Crippen LogP contribution in [0.3, 0.4) is 0 Å². The van der Waals surface area contributed by atoms with Gasteiger partial charge in [0.05, 0.1) is 17.4 Å². The van der Waals surface area contributed by atoms with Crippen molar-refractivity contribution < 1.29 is 17.8 Å². The van der Waals surface area contributed by atoms with Crippen molar-refractivity contribution in [1.29, 1.82) is 0 Å². The Labute approximate surface area is 208 Å². The first kappa shape index (κ1) is 24.6. The highest BCUT2D eigenvalue weighted by Crippen LogP contribution is 2.28. The summed E-state index contributed by atoms with van der Waals surface area (Å²) < 4.78 is 33.1. The number of amides is 1. The van der Waals surface area contributed by atoms with Crippen molar-refractivity contribution in [3.8, 4) is 11.3 Å². The van der Waals surface area contributed by atoms with E-state index in [9.17, 15) is 13.2 Å². The molecular formula is C26H25N3O4S2. The van der Waals surface area contributed by atoms with Crippen molar-refractivity contribution >= 4 is 33.2 Å². The van der Waals surface area contributed by atoms with Crippen LogP contribution < -0.4 is 10.0 Å². The van der Waals surface area contributed by atoms with Gasteiger partial charge in [0.2, 0.25) is 5.91 Å². The van der Waals surface area contributed by atoms with Crippen molar-refractivity contribution in [2.24, 2.45) is 0 Å². The molecular weight excluding hydrogens is 482 g/mol. The molecule has 1 heterocycles. The lowest BCUT2D eigenvalue weighted by Gasteiger charge is -2.17. The van der Waals surface area contributed by atoms with Crippen molar-refractivity contribution in [2.45, 2.75) is 25.3 Å². The fourth-order valence-electron chi connectivity index (χ4n) is 3.65. The van der Waals surface area contributed by atoms with E-state index in [0.717, 1.165) is 27.4 Å². The minimum atomic E-state index is -4.34. The number of carbonyl (C=O) groups is 1. The summed E-state index contributed by atoms with van der Waals surface area (Å²) in [5.41, 5.74) is 4.09. The molecule has 0 aliphatic heterocycles. The van der Waals surface area contributed by atoms with Crippen molar-refractivity contribution in [2.75, 3.05) is 4.72 Å². The molecule has 0 saturated heterocycles. The topological polar surface area (TPSA) is 108 Å². The first-order valence-corrected chi connectivity index (χ1v) is 13.4. The largest absolute Gasteiger partial charge is 0.357 e. The van der Waals surface area contributed by atoms with E-state index in [1.165, 1.54) is 11.3 Å². The molecule has 0 bridgehead atoms. The zero-order valence-corrected chi connectivity index (χ0v) is 20.4. The fraction of sp³-hybridized carbons (Fsp3) is 0.154. The van der Waals surface area contributed by atoms with Gasteiger partial charge in [0.1, 0.15) is 5.01 Å². The second-order valence-corrected chi connectivity index (χ2v) is 10.1. The molecule has 0 spiro atoms. The third-order valence-corrected chi connectivity index (χ3v) is 6.80. The van der Waals surface area contributed by atoms with Crippen LogP contribution >= 0.6 is 11.3 Å². The Hall–Kier alpha value is -3.53. The van der Waals surface area contributed by atoms with E-state index in [-0.39, 0.29) is 17.6 Å². The van der Waals surface area contributed by atoms with Crippen LogP contribution in [0.1, 0.15) is 28.6 Å². The average molecular weight is 508 g/mol. The van der Waals surface area contributed by atoms with Gasteiger partial charge in [-0.3, -0.25) is 14.1 Å². The van der Waals surface area contributed by atoms with E-state index in [1.54, 1.807) is 24.3 Å². The number of aryl methyl sites for hydroxylation is 1. The number of hydrogen-bond acceptors (Lipinski definition) is 5. The molecule has 1 atom stereocenters. The van der Waals surface area contributed by atoms with Gasteiger partial charge >= 0.3 is 10.3 Å². The molecule has 35 heavy (non-hydrogen) atoms. The molecule has 4 aromatic rings. The van der Waals surface area contributed by atoms with Crippen LogP contribution in [0.4, 0.5) is 5.69 Å². The molecule has 0 aliphatic carbocycles. The van der Waals surface area contributed by atoms with Gasteiger partial charge in [-0.1, -0.05) is 72.8 Å². The molecule has 1 amide bonds. The van der Waals surface area contributed by atoms with Crippen LogP contribution in [0.25, 0.3) is 11.3 Å². The van der Waals surface area contributed by atoms with Crippen LogP contribution in [-0.4, -0.2) is 23.9 Å². The van der Waals surface area contributed by atoms with Crippen LogP contribution in [0.15, 0.2) is 90.3 Å². The number of thiazole rings is 1. The van der Waals surface area contributed by atoms with Crippen LogP contribution in [0.2, 0.25) is 0 Å². The highest BCUT2D eigenvalue weighted by atomic mass is 32.2. The summed E-state index contributed by atoms with van der Waals surface area (Å²) in [5.74, 6) is -0.0695. The standard InChI is InChI=1S/C26H25N3O4S2/c30-25(16-13-19-7-3-1-4-8-19)27-23(17-20-11-14-22(15-12-20)29-35(31,32)33)26-28-24(18-34-26)21-9-5-2-6-10-21/h1-12,14-15,18,23,29H,13,16-17H2,(H,27,30)(H,31,32,33)/t23-/m0/s1. The van der Waals surface area contributed by atoms with Gasteiger partial charge in [0.15, 0.2) is 0 Å². The molecule has 7 nitrogen and oxygen atoms in total. The van der Waals surface area contributed by atoms with Gasteiger partial charge in [0.25, 0.3) is 0 Å². The van der Waals surface area contributed by atoms with Crippen molar-refractivity contribution in [1.82, 2.24) is 10.3 Å². The summed E-state index contributed by atoms with van der Waals surface area (Å²) in [7, 11) is -4.34. The molecule has 9 heteroatoms. The van der Waals surface area contributed by atoms with Crippen molar-refractivity contribution in [3.05, 3.63) is 106 Å². The Kier molecular flexibility index (Phi) is 7.91. The van der Waals surface area contributed by atoms with Gasteiger partial charge in [-0.2, -0.15) is 8.42 Å². The van der Waals surface area contributed by atoms with Gasteiger partial charge in [-0.05, 0) is 36.1 Å². The van der Waals surface area contributed by atoms with Crippen LogP contribution in [-0.2, 0) is 27.9 Å². The Bertz CT molecular complexity index is 1360. The van der Waals surface area contributed by atoms with E-state index in [2.05, 4.69) is 5.32 Å². The highest BCUT2D eigenvalue weighted by Gasteiger charge is 2.20. The van der Waals surface area contributed by atoms with E-state index < -0.39 is 10.3 Å². The summed E-state index contributed by atoms with van der Waals surface area (Å²) in [6.45, 7) is 0. The number of rotatable bonds is 10. The zero-order chi connectivity index (χ0) is 24.7. The summed E-state index contributed by atoms with van der Waals surface area (Å²) in [4.78, 5) is 17.6. The smallest absolute Gasteiger partial charge is 0.347 e. The number of anilines is 1. The molecule has 0 aliphatic rings. The summed E-state index contributed by atoms with van der Waals surface area (Å²) in [6, 6.07) is 26.0. The van der Waals surface area contributed by atoms with Crippen LogP contribution in [0.5, 0.6) is 0 Å². The number of aromatic nitrogens is 1. The third-order valence-electron chi connectivity index (χ3n) is 5.35. The number of benzene rings is 3. The monoisotopic (exact) mass is 507 g/mol. The lowest BCUT2D eigenvalue weighted by atomic mass is 10.0. The Morgan fingerprint density at radius 2 is 1.57 bits per heavy atom. The van der Waals surface area contributed by atoms with Crippen LogP contribution in [0, 0.1) is 0 Å². The number of hydrogen-bond donors (Lipinski definition) is 3. The van der Waals surface area contributed by atoms with Crippen molar-refractivity contribution in [3.63, 3.8) is 0 Å². The molecule has 4 rings (SSSR count). The molecule has 0 saturated carbocycles. The predicted molar refractivity (Wildman–Crippen MR) is 139 cm³/mol.